The first-order chi connectivity index (χ1) is 9.13. The Hall–Kier alpha value is -0.120. The van der Waals surface area contributed by atoms with Crippen LogP contribution in [0.2, 0.25) is 0 Å². The van der Waals surface area contributed by atoms with Crippen LogP contribution >= 0.6 is 0 Å². The molecule has 0 bridgehead atoms. The fourth-order valence-electron chi connectivity index (χ4n) is 2.73. The van der Waals surface area contributed by atoms with Crippen LogP contribution in [-0.4, -0.2) is 61.7 Å². The van der Waals surface area contributed by atoms with Crippen LogP contribution in [0.15, 0.2) is 0 Å². The second kappa shape index (κ2) is 9.73. The third-order valence-corrected chi connectivity index (χ3v) is 4.31. The zero-order chi connectivity index (χ0) is 14.1. The van der Waals surface area contributed by atoms with E-state index >= 15 is 0 Å². The highest BCUT2D eigenvalue weighted by molar-refractivity contribution is 4.77. The molecule has 0 radical (unpaired) electrons. The van der Waals surface area contributed by atoms with E-state index < -0.39 is 0 Å². The summed E-state index contributed by atoms with van der Waals surface area (Å²) in [4.78, 5) is 5.11. The lowest BCUT2D eigenvalue weighted by atomic mass is 10.1. The van der Waals surface area contributed by atoms with Crippen molar-refractivity contribution in [1.82, 2.24) is 15.1 Å². The topological polar surface area (TPSA) is 18.5 Å². The maximum atomic E-state index is 3.67. The van der Waals surface area contributed by atoms with E-state index in [1.807, 2.05) is 0 Å². The second-order valence-electron chi connectivity index (χ2n) is 6.38. The summed E-state index contributed by atoms with van der Waals surface area (Å²) in [7, 11) is 2.23. The van der Waals surface area contributed by atoms with Crippen LogP contribution in [0, 0.1) is 0 Å². The fraction of sp³-hybridized carbons (Fsp3) is 1.00. The predicted molar refractivity (Wildman–Crippen MR) is 84.8 cm³/mol. The molecule has 0 amide bonds. The Morgan fingerprint density at radius 1 is 1.32 bits per heavy atom. The average Bonchev–Trinajstić information content (AvgIpc) is 2.41. The van der Waals surface area contributed by atoms with Crippen LogP contribution in [0.5, 0.6) is 0 Å². The molecule has 1 heterocycles. The number of piperidine rings is 1. The number of unbranched alkanes of at least 4 members (excludes halogenated alkanes) is 1. The van der Waals surface area contributed by atoms with E-state index in [2.05, 4.69) is 42.9 Å². The molecule has 0 spiro atoms. The number of hydrogen-bond acceptors (Lipinski definition) is 3. The van der Waals surface area contributed by atoms with Gasteiger partial charge in [-0.3, -0.25) is 0 Å². The Labute approximate surface area is 120 Å². The van der Waals surface area contributed by atoms with Crippen LogP contribution in [0.4, 0.5) is 0 Å². The Morgan fingerprint density at radius 3 is 2.79 bits per heavy atom. The highest BCUT2D eigenvalue weighted by Crippen LogP contribution is 2.11. The van der Waals surface area contributed by atoms with Gasteiger partial charge in [-0.15, -0.1) is 0 Å². The molecule has 3 heteroatoms. The van der Waals surface area contributed by atoms with Crippen LogP contribution in [0.3, 0.4) is 0 Å². The lowest BCUT2D eigenvalue weighted by Gasteiger charge is -2.33. The molecular weight excluding hydrogens is 234 g/mol. The summed E-state index contributed by atoms with van der Waals surface area (Å²) in [5, 5.41) is 3.67. The van der Waals surface area contributed by atoms with Crippen LogP contribution < -0.4 is 5.32 Å². The molecule has 1 N–H and O–H groups in total. The quantitative estimate of drug-likeness (QED) is 0.649. The van der Waals surface area contributed by atoms with E-state index in [1.165, 1.54) is 64.8 Å². The Morgan fingerprint density at radius 2 is 2.11 bits per heavy atom. The SMILES string of the molecule is CCCNC1CCCN(CCCCN(C)C(C)C)C1. The third kappa shape index (κ3) is 7.28. The van der Waals surface area contributed by atoms with Gasteiger partial charge < -0.3 is 15.1 Å². The van der Waals surface area contributed by atoms with Crippen LogP contribution in [0.1, 0.15) is 52.9 Å². The van der Waals surface area contributed by atoms with Crippen molar-refractivity contribution in [1.29, 1.82) is 0 Å². The number of nitrogens with zero attached hydrogens (tertiary/aromatic N) is 2. The molecule has 1 atom stereocenters. The summed E-state index contributed by atoms with van der Waals surface area (Å²) < 4.78 is 0. The van der Waals surface area contributed by atoms with Crippen molar-refractivity contribution in [3.63, 3.8) is 0 Å². The number of hydrogen-bond donors (Lipinski definition) is 1. The molecule has 1 saturated heterocycles. The predicted octanol–water partition coefficient (Wildman–Crippen LogP) is 2.57. The van der Waals surface area contributed by atoms with Gasteiger partial charge >= 0.3 is 0 Å². The molecule has 0 aliphatic carbocycles. The molecule has 1 unspecified atom stereocenters. The molecule has 1 fully saturated rings. The summed E-state index contributed by atoms with van der Waals surface area (Å²) in [6.07, 6.45) is 6.66. The monoisotopic (exact) mass is 269 g/mol. The molecule has 114 valence electrons. The molecule has 1 aliphatic heterocycles. The first-order valence-electron chi connectivity index (χ1n) is 8.29. The average molecular weight is 269 g/mol. The normalized spacial score (nSPS) is 21.5. The van der Waals surface area contributed by atoms with Crippen molar-refractivity contribution < 1.29 is 0 Å². The Bertz CT molecular complexity index is 218. The zero-order valence-corrected chi connectivity index (χ0v) is 13.6. The molecule has 19 heavy (non-hydrogen) atoms. The second-order valence-corrected chi connectivity index (χ2v) is 6.38. The van der Waals surface area contributed by atoms with Gasteiger partial charge in [-0.25, -0.2) is 0 Å². The van der Waals surface area contributed by atoms with Crippen molar-refractivity contribution in [2.45, 2.75) is 65.0 Å². The Kier molecular flexibility index (Phi) is 8.67. The molecule has 0 aromatic carbocycles. The van der Waals surface area contributed by atoms with Gasteiger partial charge in [0.25, 0.3) is 0 Å². The summed E-state index contributed by atoms with van der Waals surface area (Å²) in [5.41, 5.74) is 0. The highest BCUT2D eigenvalue weighted by Gasteiger charge is 2.18. The molecule has 1 rings (SSSR count). The molecule has 1 aliphatic rings. The van der Waals surface area contributed by atoms with E-state index in [1.54, 1.807) is 0 Å². The zero-order valence-electron chi connectivity index (χ0n) is 13.6. The van der Waals surface area contributed by atoms with Gasteiger partial charge in [-0.2, -0.15) is 0 Å². The summed E-state index contributed by atoms with van der Waals surface area (Å²) in [6.45, 7) is 13.1. The van der Waals surface area contributed by atoms with Gasteiger partial charge in [0.1, 0.15) is 0 Å². The van der Waals surface area contributed by atoms with E-state index in [-0.39, 0.29) is 0 Å². The van der Waals surface area contributed by atoms with Crippen molar-refractivity contribution in [3.8, 4) is 0 Å². The van der Waals surface area contributed by atoms with Gasteiger partial charge in [0.2, 0.25) is 0 Å². The number of likely N-dealkylation sites (tertiary alicyclic amines) is 1. The maximum absolute atomic E-state index is 3.67. The minimum absolute atomic E-state index is 0.678. The number of rotatable bonds is 9. The molecule has 0 aromatic heterocycles. The molecule has 0 aromatic rings. The van der Waals surface area contributed by atoms with Gasteiger partial charge in [0.15, 0.2) is 0 Å². The van der Waals surface area contributed by atoms with Crippen molar-refractivity contribution in [3.05, 3.63) is 0 Å². The van der Waals surface area contributed by atoms with Crippen molar-refractivity contribution >= 4 is 0 Å². The molecule has 0 saturated carbocycles. The van der Waals surface area contributed by atoms with Crippen LogP contribution in [-0.2, 0) is 0 Å². The summed E-state index contributed by atoms with van der Waals surface area (Å²) in [6, 6.07) is 1.42. The van der Waals surface area contributed by atoms with Gasteiger partial charge in [0.05, 0.1) is 0 Å². The first kappa shape index (κ1) is 16.9. The van der Waals surface area contributed by atoms with Gasteiger partial charge in [-0.1, -0.05) is 6.92 Å². The standard InChI is InChI=1S/C16H35N3/c1-5-10-17-16-9-8-13-19(14-16)12-7-6-11-18(4)15(2)3/h15-17H,5-14H2,1-4H3. The number of nitrogens with one attached hydrogen (secondary N) is 1. The lowest BCUT2D eigenvalue weighted by molar-refractivity contribution is 0.183. The fourth-order valence-corrected chi connectivity index (χ4v) is 2.73. The van der Waals surface area contributed by atoms with Gasteiger partial charge in [0, 0.05) is 18.6 Å². The first-order valence-corrected chi connectivity index (χ1v) is 8.29. The largest absolute Gasteiger partial charge is 0.313 e. The van der Waals surface area contributed by atoms with Crippen LogP contribution in [0.25, 0.3) is 0 Å². The maximum Gasteiger partial charge on any atom is 0.0195 e. The summed E-state index contributed by atoms with van der Waals surface area (Å²) >= 11 is 0. The smallest absolute Gasteiger partial charge is 0.0195 e. The van der Waals surface area contributed by atoms with E-state index in [9.17, 15) is 0 Å². The molecule has 3 nitrogen and oxygen atoms in total. The highest BCUT2D eigenvalue weighted by atomic mass is 15.2. The minimum Gasteiger partial charge on any atom is -0.313 e. The van der Waals surface area contributed by atoms with Crippen molar-refractivity contribution in [2.24, 2.45) is 0 Å². The Balaban J connectivity index is 2.08. The summed E-state index contributed by atoms with van der Waals surface area (Å²) in [5.74, 6) is 0. The third-order valence-electron chi connectivity index (χ3n) is 4.31. The van der Waals surface area contributed by atoms with E-state index in [0.29, 0.717) is 6.04 Å². The van der Waals surface area contributed by atoms with E-state index in [0.717, 1.165) is 6.04 Å². The van der Waals surface area contributed by atoms with E-state index in [4.69, 9.17) is 0 Å². The van der Waals surface area contributed by atoms with Gasteiger partial charge in [-0.05, 0) is 79.2 Å². The lowest BCUT2D eigenvalue weighted by Crippen LogP contribution is -2.46. The van der Waals surface area contributed by atoms with Crippen molar-refractivity contribution in [2.75, 3.05) is 39.8 Å². The minimum atomic E-state index is 0.678. The molecular formula is C16H35N3.